The molecule has 1 N–H and O–H groups in total. The average Bonchev–Trinajstić information content (AvgIpc) is 2.48. The molecule has 0 aliphatic carbocycles. The van der Waals surface area contributed by atoms with E-state index in [1.807, 2.05) is 67.2 Å². The molecule has 0 aromatic heterocycles. The fraction of sp³-hybridized carbons (Fsp3) is 0.250. The van der Waals surface area contributed by atoms with Crippen LogP contribution in [-0.2, 0) is 0 Å². The number of nitrogens with one attached hydrogen (secondary N) is 1. The zero-order chi connectivity index (χ0) is 16.9. The summed E-state index contributed by atoms with van der Waals surface area (Å²) in [6.07, 6.45) is 1.65. The van der Waals surface area contributed by atoms with Gasteiger partial charge in [-0.15, -0.1) is 11.8 Å². The van der Waals surface area contributed by atoms with Crippen LogP contribution in [0, 0.1) is 0 Å². The molecule has 0 spiro atoms. The minimum atomic E-state index is 0.0107. The Balaban J connectivity index is 2.16. The summed E-state index contributed by atoms with van der Waals surface area (Å²) < 4.78 is 0.134. The van der Waals surface area contributed by atoms with E-state index in [4.69, 9.17) is 0 Å². The molecule has 0 fully saturated rings. The molecule has 2 rings (SSSR count). The van der Waals surface area contributed by atoms with E-state index >= 15 is 0 Å². The summed E-state index contributed by atoms with van der Waals surface area (Å²) in [5, 5.41) is 3.35. The van der Waals surface area contributed by atoms with Crippen molar-refractivity contribution in [1.29, 1.82) is 0 Å². The highest BCUT2D eigenvalue weighted by molar-refractivity contribution is 8.00. The molecule has 2 nitrogen and oxygen atoms in total. The van der Waals surface area contributed by atoms with Gasteiger partial charge in [0.05, 0.1) is 5.69 Å². The summed E-state index contributed by atoms with van der Waals surface area (Å²) in [4.78, 5) is 13.4. The molecule has 0 aliphatic heterocycles. The second-order valence-electron chi connectivity index (χ2n) is 6.39. The SMILES string of the molecule is CC(=CC(=O)c1ccccc1)Nc1ccccc1SC(C)(C)C. The first-order valence-corrected chi connectivity index (χ1v) is 8.49. The second-order valence-corrected chi connectivity index (χ2v) is 8.26. The fourth-order valence-corrected chi connectivity index (χ4v) is 3.16. The molecule has 0 atom stereocenters. The highest BCUT2D eigenvalue weighted by Gasteiger charge is 2.14. The van der Waals surface area contributed by atoms with E-state index in [1.54, 1.807) is 6.08 Å². The van der Waals surface area contributed by atoms with Crippen molar-refractivity contribution in [3.63, 3.8) is 0 Å². The number of allylic oxidation sites excluding steroid dienone is 2. The predicted molar refractivity (Wildman–Crippen MR) is 100 cm³/mol. The molecular weight excluding hydrogens is 302 g/mol. The maximum atomic E-state index is 12.2. The highest BCUT2D eigenvalue weighted by atomic mass is 32.2. The number of carbonyl (C=O) groups is 1. The lowest BCUT2D eigenvalue weighted by atomic mass is 10.1. The summed E-state index contributed by atoms with van der Waals surface area (Å²) in [7, 11) is 0. The van der Waals surface area contributed by atoms with Crippen LogP contribution in [0.15, 0.2) is 71.3 Å². The van der Waals surface area contributed by atoms with Crippen molar-refractivity contribution in [3.8, 4) is 0 Å². The smallest absolute Gasteiger partial charge is 0.187 e. The summed E-state index contributed by atoms with van der Waals surface area (Å²) >= 11 is 1.81. The van der Waals surface area contributed by atoms with Gasteiger partial charge >= 0.3 is 0 Å². The first kappa shape index (κ1) is 17.4. The predicted octanol–water partition coefficient (Wildman–Crippen LogP) is 5.78. The minimum absolute atomic E-state index is 0.0107. The lowest BCUT2D eigenvalue weighted by Crippen LogP contribution is -2.08. The number of thioether (sulfide) groups is 1. The van der Waals surface area contributed by atoms with E-state index in [2.05, 4.69) is 32.2 Å². The van der Waals surface area contributed by atoms with E-state index in [9.17, 15) is 4.79 Å². The molecule has 0 saturated carbocycles. The van der Waals surface area contributed by atoms with Crippen LogP contribution in [0.25, 0.3) is 0 Å². The van der Waals surface area contributed by atoms with E-state index in [1.165, 1.54) is 4.90 Å². The Hall–Kier alpha value is -2.00. The largest absolute Gasteiger partial charge is 0.358 e. The minimum Gasteiger partial charge on any atom is -0.358 e. The van der Waals surface area contributed by atoms with Gasteiger partial charge in [-0.1, -0.05) is 63.2 Å². The van der Waals surface area contributed by atoms with Gasteiger partial charge in [-0.3, -0.25) is 4.79 Å². The van der Waals surface area contributed by atoms with Gasteiger partial charge in [-0.25, -0.2) is 0 Å². The Bertz CT molecular complexity index is 699. The summed E-state index contributed by atoms with van der Waals surface area (Å²) in [5.41, 5.74) is 2.56. The first-order valence-electron chi connectivity index (χ1n) is 7.68. The van der Waals surface area contributed by atoms with Crippen molar-refractivity contribution < 1.29 is 4.79 Å². The van der Waals surface area contributed by atoms with Crippen LogP contribution in [0.4, 0.5) is 5.69 Å². The monoisotopic (exact) mass is 325 g/mol. The summed E-state index contributed by atoms with van der Waals surface area (Å²) in [5.74, 6) is 0.0107. The van der Waals surface area contributed by atoms with Gasteiger partial charge in [-0.2, -0.15) is 0 Å². The molecule has 0 bridgehead atoms. The third kappa shape index (κ3) is 5.61. The molecule has 0 aliphatic rings. The molecular formula is C20H23NOS. The maximum Gasteiger partial charge on any atom is 0.187 e. The van der Waals surface area contributed by atoms with Gasteiger partial charge in [0.25, 0.3) is 0 Å². The van der Waals surface area contributed by atoms with Crippen molar-refractivity contribution in [2.24, 2.45) is 0 Å². The highest BCUT2D eigenvalue weighted by Crippen LogP contribution is 2.36. The zero-order valence-corrected chi connectivity index (χ0v) is 14.9. The van der Waals surface area contributed by atoms with Gasteiger partial charge in [-0.05, 0) is 19.1 Å². The van der Waals surface area contributed by atoms with Crippen LogP contribution in [0.5, 0.6) is 0 Å². The Labute approximate surface area is 143 Å². The summed E-state index contributed by atoms with van der Waals surface area (Å²) in [6.45, 7) is 8.49. The number of rotatable bonds is 5. The molecule has 0 unspecified atom stereocenters. The fourth-order valence-electron chi connectivity index (χ4n) is 2.12. The number of carbonyl (C=O) groups excluding carboxylic acids is 1. The van der Waals surface area contributed by atoms with Gasteiger partial charge < -0.3 is 5.32 Å². The number of anilines is 1. The lowest BCUT2D eigenvalue weighted by Gasteiger charge is -2.20. The third-order valence-electron chi connectivity index (χ3n) is 3.04. The van der Waals surface area contributed by atoms with E-state index < -0.39 is 0 Å². The van der Waals surface area contributed by atoms with Crippen molar-refractivity contribution in [3.05, 3.63) is 71.9 Å². The molecule has 0 saturated heterocycles. The molecule has 0 amide bonds. The molecule has 2 aromatic carbocycles. The van der Waals surface area contributed by atoms with Crippen LogP contribution in [0.3, 0.4) is 0 Å². The maximum absolute atomic E-state index is 12.2. The first-order chi connectivity index (χ1) is 10.8. The summed E-state index contributed by atoms with van der Waals surface area (Å²) in [6, 6.07) is 17.5. The van der Waals surface area contributed by atoms with Gasteiger partial charge in [0.1, 0.15) is 0 Å². The average molecular weight is 325 g/mol. The van der Waals surface area contributed by atoms with Crippen molar-refractivity contribution >= 4 is 23.2 Å². The van der Waals surface area contributed by atoms with Crippen LogP contribution in [-0.4, -0.2) is 10.5 Å². The molecule has 0 radical (unpaired) electrons. The Morgan fingerprint density at radius 1 is 1.00 bits per heavy atom. The van der Waals surface area contributed by atoms with Gasteiger partial charge in [0, 0.05) is 27.0 Å². The van der Waals surface area contributed by atoms with Crippen molar-refractivity contribution in [1.82, 2.24) is 0 Å². The van der Waals surface area contributed by atoms with E-state index in [-0.39, 0.29) is 10.5 Å². The Morgan fingerprint density at radius 3 is 2.26 bits per heavy atom. The second kappa shape index (κ2) is 7.51. The molecule has 3 heteroatoms. The standard InChI is InChI=1S/C20H23NOS/c1-15(14-18(22)16-10-6-5-7-11-16)21-17-12-8-9-13-19(17)23-20(2,3)4/h5-14,21H,1-4H3. The van der Waals surface area contributed by atoms with Crippen molar-refractivity contribution in [2.75, 3.05) is 5.32 Å². The number of hydrogen-bond acceptors (Lipinski definition) is 3. The molecule has 0 heterocycles. The molecule has 2 aromatic rings. The number of para-hydroxylation sites is 1. The Kier molecular flexibility index (Phi) is 5.67. The van der Waals surface area contributed by atoms with Crippen LogP contribution >= 0.6 is 11.8 Å². The van der Waals surface area contributed by atoms with Gasteiger partial charge in [0.15, 0.2) is 5.78 Å². The van der Waals surface area contributed by atoms with E-state index in [0.717, 1.165) is 11.4 Å². The van der Waals surface area contributed by atoms with Gasteiger partial charge in [0.2, 0.25) is 0 Å². The zero-order valence-electron chi connectivity index (χ0n) is 14.1. The van der Waals surface area contributed by atoms with Crippen LogP contribution in [0.1, 0.15) is 38.1 Å². The van der Waals surface area contributed by atoms with Crippen LogP contribution in [0.2, 0.25) is 0 Å². The van der Waals surface area contributed by atoms with Crippen LogP contribution < -0.4 is 5.32 Å². The van der Waals surface area contributed by atoms with E-state index in [0.29, 0.717) is 5.56 Å². The lowest BCUT2D eigenvalue weighted by molar-refractivity contribution is 0.104. The normalized spacial score (nSPS) is 12.1. The topological polar surface area (TPSA) is 29.1 Å². The number of ketones is 1. The third-order valence-corrected chi connectivity index (χ3v) is 4.23. The number of hydrogen-bond donors (Lipinski definition) is 1. The Morgan fingerprint density at radius 2 is 1.61 bits per heavy atom. The number of benzene rings is 2. The van der Waals surface area contributed by atoms with Crippen molar-refractivity contribution in [2.45, 2.75) is 37.3 Å². The molecule has 23 heavy (non-hydrogen) atoms. The molecule has 120 valence electrons. The quantitative estimate of drug-likeness (QED) is 0.429.